The molecule has 2 atom stereocenters. The molecule has 2 fully saturated rings. The normalized spacial score (nSPS) is 28.9. The van der Waals surface area contributed by atoms with Gasteiger partial charge in [-0.3, -0.25) is 0 Å². The third kappa shape index (κ3) is 2.19. The van der Waals surface area contributed by atoms with Gasteiger partial charge in [-0.25, -0.2) is 4.98 Å². The maximum Gasteiger partial charge on any atom is 0.259 e. The Balaban J connectivity index is 1.56. The Morgan fingerprint density at radius 3 is 2.67 bits per heavy atom. The summed E-state index contributed by atoms with van der Waals surface area (Å²) >= 11 is 0. The summed E-state index contributed by atoms with van der Waals surface area (Å²) in [4.78, 5) is 11.2. The third-order valence-electron chi connectivity index (χ3n) is 4.94. The van der Waals surface area contributed by atoms with E-state index < -0.39 is 0 Å². The number of nitrogens with two attached hydrogens (primary N) is 1. The van der Waals surface area contributed by atoms with Crippen LogP contribution in [0.5, 0.6) is 0 Å². The highest BCUT2D eigenvalue weighted by atomic mass is 16.5. The first-order valence-electron chi connectivity index (χ1n) is 7.48. The van der Waals surface area contributed by atoms with Crippen LogP contribution in [-0.2, 0) is 0 Å². The van der Waals surface area contributed by atoms with Crippen molar-refractivity contribution in [2.45, 2.75) is 43.7 Å². The molecule has 21 heavy (non-hydrogen) atoms. The number of hydrogen-bond acceptors (Lipinski definition) is 6. The van der Waals surface area contributed by atoms with Crippen LogP contribution in [0.3, 0.4) is 0 Å². The molecule has 2 aliphatic rings. The lowest BCUT2D eigenvalue weighted by atomic mass is 9.90. The van der Waals surface area contributed by atoms with Crippen LogP contribution in [0.15, 0.2) is 22.9 Å². The molecule has 2 aromatic rings. The van der Waals surface area contributed by atoms with E-state index in [0.717, 1.165) is 24.2 Å². The number of nitrogen functional groups attached to an aromatic ring is 1. The first kappa shape index (κ1) is 12.8. The van der Waals surface area contributed by atoms with Crippen LogP contribution < -0.4 is 5.73 Å². The van der Waals surface area contributed by atoms with Gasteiger partial charge in [0.25, 0.3) is 5.89 Å². The first-order valence-corrected chi connectivity index (χ1v) is 7.48. The minimum atomic E-state index is 0.415. The molecule has 6 heteroatoms. The molecule has 0 saturated carbocycles. The molecule has 0 radical (unpaired) electrons. The van der Waals surface area contributed by atoms with Gasteiger partial charge in [0.05, 0.1) is 5.56 Å². The molecule has 2 bridgehead atoms. The minimum absolute atomic E-state index is 0.415. The number of fused-ring (bicyclic) bond motifs is 2. The molecule has 2 unspecified atom stereocenters. The van der Waals surface area contributed by atoms with Crippen LogP contribution >= 0.6 is 0 Å². The molecular weight excluding hydrogens is 266 g/mol. The van der Waals surface area contributed by atoms with E-state index in [-0.39, 0.29) is 0 Å². The van der Waals surface area contributed by atoms with Gasteiger partial charge in [0.15, 0.2) is 5.82 Å². The van der Waals surface area contributed by atoms with Crippen molar-refractivity contribution in [1.82, 2.24) is 20.0 Å². The Kier molecular flexibility index (Phi) is 2.92. The van der Waals surface area contributed by atoms with E-state index in [2.05, 4.69) is 27.1 Å². The summed E-state index contributed by atoms with van der Waals surface area (Å²) in [5.41, 5.74) is 6.41. The van der Waals surface area contributed by atoms with Gasteiger partial charge in [-0.05, 0) is 44.9 Å². The number of nitrogens with zero attached hydrogens (tertiary/aromatic N) is 4. The molecule has 0 aliphatic carbocycles. The van der Waals surface area contributed by atoms with Crippen molar-refractivity contribution in [3.63, 3.8) is 0 Å². The molecule has 2 aliphatic heterocycles. The maximum absolute atomic E-state index is 5.59. The van der Waals surface area contributed by atoms with Crippen molar-refractivity contribution in [3.8, 4) is 11.5 Å². The number of anilines is 1. The predicted octanol–water partition coefficient (Wildman–Crippen LogP) is 2.05. The van der Waals surface area contributed by atoms with E-state index in [1.165, 1.54) is 12.8 Å². The molecule has 2 aromatic heterocycles. The van der Waals surface area contributed by atoms with E-state index in [4.69, 9.17) is 10.3 Å². The largest absolute Gasteiger partial charge is 0.384 e. The summed E-state index contributed by atoms with van der Waals surface area (Å²) in [7, 11) is 2.24. The van der Waals surface area contributed by atoms with Crippen LogP contribution in [0.1, 0.15) is 37.4 Å². The average Bonchev–Trinajstić information content (AvgIpc) is 3.03. The fourth-order valence-electron chi connectivity index (χ4n) is 3.67. The van der Waals surface area contributed by atoms with Crippen molar-refractivity contribution in [2.75, 3.05) is 12.8 Å². The summed E-state index contributed by atoms with van der Waals surface area (Å²) in [6.07, 6.45) is 6.53. The van der Waals surface area contributed by atoms with E-state index >= 15 is 0 Å². The number of pyridine rings is 1. The van der Waals surface area contributed by atoms with Gasteiger partial charge in [-0.15, -0.1) is 0 Å². The average molecular weight is 285 g/mol. The van der Waals surface area contributed by atoms with Crippen LogP contribution in [0, 0.1) is 0 Å². The molecular formula is C15H19N5O. The highest BCUT2D eigenvalue weighted by Gasteiger charge is 2.40. The Bertz CT molecular complexity index is 624. The molecule has 0 amide bonds. The Hall–Kier alpha value is -1.95. The minimum Gasteiger partial charge on any atom is -0.384 e. The molecule has 110 valence electrons. The van der Waals surface area contributed by atoms with Crippen LogP contribution in [0.25, 0.3) is 11.5 Å². The lowest BCUT2D eigenvalue weighted by Crippen LogP contribution is -2.39. The van der Waals surface area contributed by atoms with Crippen molar-refractivity contribution in [3.05, 3.63) is 24.2 Å². The van der Waals surface area contributed by atoms with Crippen LogP contribution in [0.2, 0.25) is 0 Å². The Morgan fingerprint density at radius 1 is 1.24 bits per heavy atom. The van der Waals surface area contributed by atoms with Crippen LogP contribution in [0.4, 0.5) is 5.82 Å². The number of hydrogen-bond donors (Lipinski definition) is 1. The van der Waals surface area contributed by atoms with Crippen molar-refractivity contribution in [2.24, 2.45) is 0 Å². The summed E-state index contributed by atoms with van der Waals surface area (Å²) in [6.45, 7) is 0. The second kappa shape index (κ2) is 4.80. The fraction of sp³-hybridized carbons (Fsp3) is 0.533. The fourth-order valence-corrected chi connectivity index (χ4v) is 3.67. The van der Waals surface area contributed by atoms with Gasteiger partial charge in [0, 0.05) is 24.2 Å². The molecule has 0 aromatic carbocycles. The summed E-state index contributed by atoms with van der Waals surface area (Å²) < 4.78 is 5.41. The SMILES string of the molecule is CN1C2CCC1CC(c1noc(-c3ccc(N)nc3)n1)C2. The third-order valence-corrected chi connectivity index (χ3v) is 4.94. The number of aromatic nitrogens is 3. The van der Waals surface area contributed by atoms with E-state index in [0.29, 0.717) is 29.7 Å². The van der Waals surface area contributed by atoms with Gasteiger partial charge in [-0.2, -0.15) is 4.98 Å². The number of piperidine rings is 1. The molecule has 2 saturated heterocycles. The molecule has 4 rings (SSSR count). The zero-order valence-corrected chi connectivity index (χ0v) is 12.1. The second-order valence-electron chi connectivity index (χ2n) is 6.15. The first-order chi connectivity index (χ1) is 10.2. The molecule has 6 nitrogen and oxygen atoms in total. The van der Waals surface area contributed by atoms with Crippen molar-refractivity contribution in [1.29, 1.82) is 0 Å². The van der Waals surface area contributed by atoms with Gasteiger partial charge in [-0.1, -0.05) is 5.16 Å². The Labute approximate surface area is 123 Å². The zero-order valence-electron chi connectivity index (χ0n) is 12.1. The highest BCUT2D eigenvalue weighted by molar-refractivity contribution is 5.53. The smallest absolute Gasteiger partial charge is 0.259 e. The monoisotopic (exact) mass is 285 g/mol. The van der Waals surface area contributed by atoms with Gasteiger partial charge in [0.1, 0.15) is 5.82 Å². The second-order valence-corrected chi connectivity index (χ2v) is 6.15. The lowest BCUT2D eigenvalue weighted by Gasteiger charge is -2.34. The lowest BCUT2D eigenvalue weighted by molar-refractivity contribution is 0.157. The Morgan fingerprint density at radius 2 is 2.00 bits per heavy atom. The van der Waals surface area contributed by atoms with Gasteiger partial charge >= 0.3 is 0 Å². The maximum atomic E-state index is 5.59. The summed E-state index contributed by atoms with van der Waals surface area (Å²) in [5.74, 6) is 2.28. The van der Waals surface area contributed by atoms with Gasteiger partial charge < -0.3 is 15.2 Å². The topological polar surface area (TPSA) is 81.1 Å². The van der Waals surface area contributed by atoms with E-state index in [1.807, 2.05) is 6.07 Å². The quantitative estimate of drug-likeness (QED) is 0.909. The molecule has 2 N–H and O–H groups in total. The zero-order chi connectivity index (χ0) is 14.4. The van der Waals surface area contributed by atoms with Crippen LogP contribution in [-0.4, -0.2) is 39.2 Å². The number of rotatable bonds is 2. The standard InChI is InChI=1S/C15H19N5O/c1-20-11-3-4-12(20)7-10(6-11)14-18-15(21-19-14)9-2-5-13(16)17-8-9/h2,5,8,10-12H,3-4,6-7H2,1H3,(H2,16,17). The molecule has 4 heterocycles. The summed E-state index contributed by atoms with van der Waals surface area (Å²) in [6, 6.07) is 4.95. The highest BCUT2D eigenvalue weighted by Crippen LogP contribution is 2.41. The summed E-state index contributed by atoms with van der Waals surface area (Å²) in [5, 5.41) is 4.20. The molecule has 0 spiro atoms. The van der Waals surface area contributed by atoms with Crippen molar-refractivity contribution < 1.29 is 4.52 Å². The van der Waals surface area contributed by atoms with E-state index in [9.17, 15) is 0 Å². The predicted molar refractivity (Wildman–Crippen MR) is 78.5 cm³/mol. The van der Waals surface area contributed by atoms with Gasteiger partial charge in [0.2, 0.25) is 0 Å². The van der Waals surface area contributed by atoms with E-state index in [1.54, 1.807) is 12.3 Å². The van der Waals surface area contributed by atoms with Crippen molar-refractivity contribution >= 4 is 5.82 Å².